The van der Waals surface area contributed by atoms with Gasteiger partial charge < -0.3 is 15.4 Å². The quantitative estimate of drug-likeness (QED) is 0.620. The molecule has 0 aliphatic carbocycles. The highest BCUT2D eigenvalue weighted by Gasteiger charge is 2.07. The van der Waals surface area contributed by atoms with Gasteiger partial charge in [0.25, 0.3) is 0 Å². The van der Waals surface area contributed by atoms with Crippen LogP contribution in [0.15, 0.2) is 54.7 Å². The number of carbonyl (C=O) groups excluding carboxylic acids is 1. The van der Waals surface area contributed by atoms with Gasteiger partial charge in [-0.2, -0.15) is 10.1 Å². The number of ether oxygens (including phenoxy) is 1. The van der Waals surface area contributed by atoms with Crippen LogP contribution in [0.25, 0.3) is 0 Å². The van der Waals surface area contributed by atoms with E-state index < -0.39 is 5.97 Å². The number of hydrogen-bond acceptors (Lipinski definition) is 7. The van der Waals surface area contributed by atoms with E-state index in [1.165, 1.54) is 25.4 Å². The Morgan fingerprint density at radius 1 is 1.19 bits per heavy atom. The first-order chi connectivity index (χ1) is 13.1. The molecule has 0 radical (unpaired) electrons. The summed E-state index contributed by atoms with van der Waals surface area (Å²) in [5, 5.41) is 14.0. The van der Waals surface area contributed by atoms with Gasteiger partial charge in [-0.1, -0.05) is 18.2 Å². The second-order valence-electron chi connectivity index (χ2n) is 5.67. The van der Waals surface area contributed by atoms with E-state index in [-0.39, 0.29) is 5.82 Å². The number of aromatic nitrogens is 3. The highest BCUT2D eigenvalue weighted by Crippen LogP contribution is 2.16. The van der Waals surface area contributed by atoms with Crippen LogP contribution in [-0.4, -0.2) is 34.8 Å². The minimum absolute atomic E-state index is 0.251. The predicted molar refractivity (Wildman–Crippen MR) is 99.5 cm³/mol. The summed E-state index contributed by atoms with van der Waals surface area (Å²) in [7, 11) is 1.33. The van der Waals surface area contributed by atoms with Crippen LogP contribution in [0.2, 0.25) is 0 Å². The van der Waals surface area contributed by atoms with Crippen molar-refractivity contribution in [2.75, 3.05) is 24.3 Å². The van der Waals surface area contributed by atoms with E-state index in [9.17, 15) is 9.18 Å². The summed E-state index contributed by atoms with van der Waals surface area (Å²) < 4.78 is 17.6. The fourth-order valence-corrected chi connectivity index (χ4v) is 2.40. The van der Waals surface area contributed by atoms with Crippen molar-refractivity contribution < 1.29 is 13.9 Å². The number of methoxy groups -OCH3 is 1. The van der Waals surface area contributed by atoms with E-state index >= 15 is 0 Å². The minimum Gasteiger partial charge on any atom is -0.465 e. The topological polar surface area (TPSA) is 89.0 Å². The molecule has 0 saturated heterocycles. The Kier molecular flexibility index (Phi) is 5.88. The second kappa shape index (κ2) is 8.70. The molecule has 2 aromatic carbocycles. The molecule has 1 heterocycles. The van der Waals surface area contributed by atoms with Crippen LogP contribution < -0.4 is 10.6 Å². The van der Waals surface area contributed by atoms with Crippen molar-refractivity contribution >= 4 is 23.4 Å². The van der Waals surface area contributed by atoms with Gasteiger partial charge in [-0.3, -0.25) is 0 Å². The van der Waals surface area contributed by atoms with Gasteiger partial charge >= 0.3 is 5.97 Å². The van der Waals surface area contributed by atoms with Crippen LogP contribution in [0.4, 0.5) is 21.8 Å². The Hall–Kier alpha value is -3.55. The van der Waals surface area contributed by atoms with Crippen molar-refractivity contribution in [3.63, 3.8) is 0 Å². The number of hydrogen-bond donors (Lipinski definition) is 2. The van der Waals surface area contributed by atoms with Gasteiger partial charge in [-0.15, -0.1) is 5.10 Å². The summed E-state index contributed by atoms with van der Waals surface area (Å²) in [5.74, 6) is 0.176. The molecule has 0 fully saturated rings. The summed E-state index contributed by atoms with van der Waals surface area (Å²) in [6.45, 7) is 0.613. The third-order valence-corrected chi connectivity index (χ3v) is 3.73. The van der Waals surface area contributed by atoms with Crippen LogP contribution in [0.3, 0.4) is 0 Å². The SMILES string of the molecule is COC(=O)c1cccc(Nc2nncc(NCCc3ccc(F)cc3)n2)c1. The van der Waals surface area contributed by atoms with Gasteiger partial charge in [0.15, 0.2) is 5.82 Å². The molecule has 0 unspecified atom stereocenters. The lowest BCUT2D eigenvalue weighted by molar-refractivity contribution is 0.0601. The largest absolute Gasteiger partial charge is 0.465 e. The standard InChI is InChI=1S/C19H18FN5O2/c1-27-18(26)14-3-2-4-16(11-14)23-19-24-17(12-22-25-19)21-10-9-13-5-7-15(20)8-6-13/h2-8,11-12H,9-10H2,1H3,(H2,21,23,24,25). The van der Waals surface area contributed by atoms with Crippen molar-refractivity contribution in [2.24, 2.45) is 0 Å². The zero-order chi connectivity index (χ0) is 19.1. The maximum Gasteiger partial charge on any atom is 0.337 e. The molecule has 1 aromatic heterocycles. The molecule has 3 rings (SSSR count). The normalized spacial score (nSPS) is 10.3. The molecule has 0 saturated carbocycles. The highest BCUT2D eigenvalue weighted by atomic mass is 19.1. The molecule has 27 heavy (non-hydrogen) atoms. The van der Waals surface area contributed by atoms with E-state index in [4.69, 9.17) is 4.74 Å². The molecule has 0 aliphatic rings. The monoisotopic (exact) mass is 367 g/mol. The third kappa shape index (κ3) is 5.21. The number of rotatable bonds is 7. The van der Waals surface area contributed by atoms with Crippen molar-refractivity contribution in [3.05, 3.63) is 71.7 Å². The lowest BCUT2D eigenvalue weighted by atomic mass is 10.1. The van der Waals surface area contributed by atoms with Gasteiger partial charge in [0.1, 0.15) is 5.82 Å². The summed E-state index contributed by atoms with van der Waals surface area (Å²) in [6, 6.07) is 13.2. The van der Waals surface area contributed by atoms with Crippen LogP contribution in [0, 0.1) is 5.82 Å². The molecule has 8 heteroatoms. The maximum atomic E-state index is 12.9. The number of carbonyl (C=O) groups is 1. The van der Waals surface area contributed by atoms with Crippen molar-refractivity contribution in [3.8, 4) is 0 Å². The molecule has 0 amide bonds. The number of nitrogens with one attached hydrogen (secondary N) is 2. The summed E-state index contributed by atoms with van der Waals surface area (Å²) in [5.41, 5.74) is 2.08. The zero-order valence-corrected chi connectivity index (χ0v) is 14.6. The van der Waals surface area contributed by atoms with Crippen LogP contribution in [-0.2, 0) is 11.2 Å². The molecule has 0 bridgehead atoms. The maximum absolute atomic E-state index is 12.9. The van der Waals surface area contributed by atoms with Gasteiger partial charge in [-0.05, 0) is 42.3 Å². The molecule has 138 valence electrons. The predicted octanol–water partition coefficient (Wildman–Crippen LogP) is 3.20. The van der Waals surface area contributed by atoms with Gasteiger partial charge in [0, 0.05) is 12.2 Å². The minimum atomic E-state index is -0.422. The van der Waals surface area contributed by atoms with E-state index in [2.05, 4.69) is 25.8 Å². The molecular formula is C19H18FN5O2. The van der Waals surface area contributed by atoms with E-state index in [1.54, 1.807) is 36.4 Å². The number of nitrogens with zero attached hydrogens (tertiary/aromatic N) is 3. The van der Waals surface area contributed by atoms with Crippen molar-refractivity contribution in [2.45, 2.75) is 6.42 Å². The van der Waals surface area contributed by atoms with Crippen molar-refractivity contribution in [1.82, 2.24) is 15.2 Å². The Labute approximate surface area is 155 Å². The number of anilines is 3. The summed E-state index contributed by atoms with van der Waals surface area (Å²) in [4.78, 5) is 15.9. The van der Waals surface area contributed by atoms with E-state index in [0.717, 1.165) is 5.56 Å². The van der Waals surface area contributed by atoms with Crippen molar-refractivity contribution in [1.29, 1.82) is 0 Å². The second-order valence-corrected chi connectivity index (χ2v) is 5.67. The zero-order valence-electron chi connectivity index (χ0n) is 14.6. The van der Waals surface area contributed by atoms with Gasteiger partial charge in [0.05, 0.1) is 18.9 Å². The Morgan fingerprint density at radius 3 is 2.78 bits per heavy atom. The van der Waals surface area contributed by atoms with Crippen LogP contribution in [0.1, 0.15) is 15.9 Å². The average molecular weight is 367 g/mol. The first-order valence-electron chi connectivity index (χ1n) is 8.27. The summed E-state index contributed by atoms with van der Waals surface area (Å²) >= 11 is 0. The lowest BCUT2D eigenvalue weighted by Crippen LogP contribution is -2.09. The first-order valence-corrected chi connectivity index (χ1v) is 8.27. The molecule has 0 aliphatic heterocycles. The fourth-order valence-electron chi connectivity index (χ4n) is 2.40. The molecule has 0 spiro atoms. The molecule has 2 N–H and O–H groups in total. The van der Waals surface area contributed by atoms with E-state index in [0.29, 0.717) is 36.0 Å². The Bertz CT molecular complexity index is 918. The number of halogens is 1. The van der Waals surface area contributed by atoms with Crippen LogP contribution in [0.5, 0.6) is 0 Å². The fraction of sp³-hybridized carbons (Fsp3) is 0.158. The Morgan fingerprint density at radius 2 is 2.00 bits per heavy atom. The smallest absolute Gasteiger partial charge is 0.337 e. The molecule has 3 aromatic rings. The van der Waals surface area contributed by atoms with Gasteiger partial charge in [0.2, 0.25) is 5.95 Å². The Balaban J connectivity index is 1.60. The molecule has 0 atom stereocenters. The number of benzene rings is 2. The average Bonchev–Trinajstić information content (AvgIpc) is 2.69. The number of esters is 1. The molecule has 7 nitrogen and oxygen atoms in total. The molecular weight excluding hydrogens is 349 g/mol. The summed E-state index contributed by atoms with van der Waals surface area (Å²) in [6.07, 6.45) is 2.23. The lowest BCUT2D eigenvalue weighted by Gasteiger charge is -2.08. The van der Waals surface area contributed by atoms with E-state index in [1.807, 2.05) is 0 Å². The first kappa shape index (κ1) is 18.2. The van der Waals surface area contributed by atoms with Crippen LogP contribution >= 0.6 is 0 Å². The van der Waals surface area contributed by atoms with Gasteiger partial charge in [-0.25, -0.2) is 9.18 Å². The highest BCUT2D eigenvalue weighted by molar-refractivity contribution is 5.90. The third-order valence-electron chi connectivity index (χ3n) is 3.73.